The van der Waals surface area contributed by atoms with Gasteiger partial charge in [0, 0.05) is 6.54 Å². The Labute approximate surface area is 119 Å². The minimum atomic E-state index is -4.60. The highest BCUT2D eigenvalue weighted by Gasteiger charge is 2.36. The fraction of sp³-hybridized carbons (Fsp3) is 0.214. The van der Waals surface area contributed by atoms with Crippen molar-refractivity contribution < 1.29 is 18.0 Å². The van der Waals surface area contributed by atoms with Crippen LogP contribution in [0.5, 0.6) is 0 Å². The number of allylic oxidation sites excluding steroid dienone is 2. The van der Waals surface area contributed by atoms with Crippen LogP contribution in [0.1, 0.15) is 15.9 Å². The van der Waals surface area contributed by atoms with Crippen LogP contribution in [0.25, 0.3) is 0 Å². The Bertz CT molecular complexity index is 578. The first-order valence-electron chi connectivity index (χ1n) is 5.86. The Morgan fingerprint density at radius 1 is 1.30 bits per heavy atom. The predicted octanol–water partition coefficient (Wildman–Crippen LogP) is 3.93. The Hall–Kier alpha value is -1.75. The molecule has 0 amide bonds. The number of ketones is 1. The molecule has 106 valence electrons. The van der Waals surface area contributed by atoms with E-state index in [4.69, 9.17) is 11.6 Å². The summed E-state index contributed by atoms with van der Waals surface area (Å²) in [5, 5.41) is -0.179. The smallest absolute Gasteiger partial charge is 0.366 e. The monoisotopic (exact) mass is 301 g/mol. The standard InChI is InChI=1S/C14H11ClF3NO/c15-11-6-4-5-10(14(16,17)18)13(11)12(20)9-19-7-2-1-3-8-19/h1-7H,8-9H2. The van der Waals surface area contributed by atoms with Crippen LogP contribution in [-0.2, 0) is 6.18 Å². The molecule has 0 atom stereocenters. The zero-order valence-electron chi connectivity index (χ0n) is 10.3. The van der Waals surface area contributed by atoms with Crippen LogP contribution in [0.4, 0.5) is 13.2 Å². The molecule has 1 heterocycles. The van der Waals surface area contributed by atoms with Gasteiger partial charge < -0.3 is 4.90 Å². The third kappa shape index (κ3) is 3.22. The maximum Gasteiger partial charge on any atom is 0.417 e. The summed E-state index contributed by atoms with van der Waals surface area (Å²) in [5.41, 5.74) is -1.46. The first-order chi connectivity index (χ1) is 9.39. The Morgan fingerprint density at radius 3 is 2.65 bits per heavy atom. The quantitative estimate of drug-likeness (QED) is 0.789. The van der Waals surface area contributed by atoms with Gasteiger partial charge in [-0.05, 0) is 24.4 Å². The summed E-state index contributed by atoms with van der Waals surface area (Å²) in [6.07, 6.45) is 2.38. The summed E-state index contributed by atoms with van der Waals surface area (Å²) in [6.45, 7) is 0.335. The van der Waals surface area contributed by atoms with Gasteiger partial charge in [-0.3, -0.25) is 4.79 Å². The van der Waals surface area contributed by atoms with E-state index in [1.807, 2.05) is 6.08 Å². The number of nitrogens with zero attached hydrogens (tertiary/aromatic N) is 1. The molecule has 0 aliphatic carbocycles. The van der Waals surface area contributed by atoms with Gasteiger partial charge in [-0.1, -0.05) is 29.8 Å². The highest BCUT2D eigenvalue weighted by molar-refractivity contribution is 6.34. The van der Waals surface area contributed by atoms with Gasteiger partial charge in [0.15, 0.2) is 5.78 Å². The number of Topliss-reactive ketones (excluding diaryl/α,β-unsaturated/α-hetero) is 1. The maximum atomic E-state index is 12.9. The summed E-state index contributed by atoms with van der Waals surface area (Å²) in [4.78, 5) is 13.7. The summed E-state index contributed by atoms with van der Waals surface area (Å²) in [7, 11) is 0. The molecule has 20 heavy (non-hydrogen) atoms. The number of alkyl halides is 3. The van der Waals surface area contributed by atoms with E-state index in [2.05, 4.69) is 0 Å². The second-order valence-corrected chi connectivity index (χ2v) is 4.69. The number of benzene rings is 1. The topological polar surface area (TPSA) is 20.3 Å². The molecule has 1 aromatic rings. The highest BCUT2D eigenvalue weighted by atomic mass is 35.5. The molecule has 1 aromatic carbocycles. The first-order valence-corrected chi connectivity index (χ1v) is 6.23. The van der Waals surface area contributed by atoms with Crippen LogP contribution in [0.15, 0.2) is 42.6 Å². The minimum absolute atomic E-state index is 0.145. The molecule has 0 N–H and O–H groups in total. The zero-order chi connectivity index (χ0) is 14.8. The molecule has 0 fully saturated rings. The molecule has 2 nitrogen and oxygen atoms in total. The summed E-state index contributed by atoms with van der Waals surface area (Å²) in [5.74, 6) is -0.650. The van der Waals surface area contributed by atoms with E-state index in [1.54, 1.807) is 23.3 Å². The molecule has 0 unspecified atom stereocenters. The third-order valence-electron chi connectivity index (χ3n) is 2.83. The molecule has 0 radical (unpaired) electrons. The Morgan fingerprint density at radius 2 is 2.05 bits per heavy atom. The van der Waals surface area contributed by atoms with Crippen molar-refractivity contribution in [3.8, 4) is 0 Å². The average Bonchev–Trinajstić information content (AvgIpc) is 2.38. The molecule has 0 bridgehead atoms. The van der Waals surface area contributed by atoms with Gasteiger partial charge in [-0.25, -0.2) is 0 Å². The lowest BCUT2D eigenvalue weighted by molar-refractivity contribution is -0.137. The fourth-order valence-corrected chi connectivity index (χ4v) is 2.21. The van der Waals surface area contributed by atoms with E-state index in [0.29, 0.717) is 6.54 Å². The number of hydrogen-bond acceptors (Lipinski definition) is 2. The third-order valence-corrected chi connectivity index (χ3v) is 3.14. The van der Waals surface area contributed by atoms with Gasteiger partial charge in [-0.2, -0.15) is 13.2 Å². The lowest BCUT2D eigenvalue weighted by Gasteiger charge is -2.21. The summed E-state index contributed by atoms with van der Waals surface area (Å²) in [6, 6.07) is 3.34. The van der Waals surface area contributed by atoms with E-state index >= 15 is 0 Å². The van der Waals surface area contributed by atoms with Gasteiger partial charge in [0.05, 0.1) is 22.7 Å². The number of carbonyl (C=O) groups is 1. The van der Waals surface area contributed by atoms with E-state index in [-0.39, 0.29) is 11.6 Å². The van der Waals surface area contributed by atoms with Gasteiger partial charge >= 0.3 is 6.18 Å². The van der Waals surface area contributed by atoms with E-state index < -0.39 is 23.1 Å². The van der Waals surface area contributed by atoms with Gasteiger partial charge in [0.1, 0.15) is 0 Å². The summed E-state index contributed by atoms with van der Waals surface area (Å²) < 4.78 is 38.8. The van der Waals surface area contributed by atoms with Gasteiger partial charge in [0.25, 0.3) is 0 Å². The molecular weight excluding hydrogens is 291 g/mol. The first kappa shape index (κ1) is 14.7. The van der Waals surface area contributed by atoms with Crippen LogP contribution in [0.3, 0.4) is 0 Å². The fourth-order valence-electron chi connectivity index (χ4n) is 1.93. The Balaban J connectivity index is 2.29. The van der Waals surface area contributed by atoms with Crippen molar-refractivity contribution >= 4 is 17.4 Å². The zero-order valence-corrected chi connectivity index (χ0v) is 11.1. The second kappa shape index (κ2) is 5.71. The van der Waals surface area contributed by atoms with E-state index in [9.17, 15) is 18.0 Å². The van der Waals surface area contributed by atoms with E-state index in [0.717, 1.165) is 6.07 Å². The maximum absolute atomic E-state index is 12.9. The molecular formula is C14H11ClF3NO. The molecule has 0 saturated carbocycles. The van der Waals surface area contributed by atoms with Crippen molar-refractivity contribution in [3.05, 3.63) is 58.8 Å². The molecule has 2 rings (SSSR count). The lowest BCUT2D eigenvalue weighted by Crippen LogP contribution is -2.28. The van der Waals surface area contributed by atoms with Crippen LogP contribution in [-0.4, -0.2) is 23.8 Å². The SMILES string of the molecule is O=C(CN1C=CC=CC1)c1c(Cl)cccc1C(F)(F)F. The van der Waals surface area contributed by atoms with Crippen molar-refractivity contribution in [2.75, 3.05) is 13.1 Å². The normalized spacial score (nSPS) is 14.7. The molecule has 6 heteroatoms. The molecule has 1 aliphatic rings. The number of rotatable bonds is 3. The molecule has 0 spiro atoms. The second-order valence-electron chi connectivity index (χ2n) is 4.28. The van der Waals surface area contributed by atoms with Gasteiger partial charge in [-0.15, -0.1) is 0 Å². The molecule has 0 aromatic heterocycles. The summed E-state index contributed by atoms with van der Waals surface area (Å²) >= 11 is 5.78. The van der Waals surface area contributed by atoms with Crippen molar-refractivity contribution in [1.82, 2.24) is 4.90 Å². The van der Waals surface area contributed by atoms with Crippen LogP contribution < -0.4 is 0 Å². The van der Waals surface area contributed by atoms with Crippen molar-refractivity contribution in [2.24, 2.45) is 0 Å². The van der Waals surface area contributed by atoms with Crippen molar-refractivity contribution in [3.63, 3.8) is 0 Å². The van der Waals surface area contributed by atoms with Crippen molar-refractivity contribution in [1.29, 1.82) is 0 Å². The molecule has 1 aliphatic heterocycles. The van der Waals surface area contributed by atoms with Crippen LogP contribution >= 0.6 is 11.6 Å². The minimum Gasteiger partial charge on any atom is -0.366 e. The van der Waals surface area contributed by atoms with Crippen molar-refractivity contribution in [2.45, 2.75) is 6.18 Å². The van der Waals surface area contributed by atoms with Gasteiger partial charge in [0.2, 0.25) is 0 Å². The van der Waals surface area contributed by atoms with Crippen LogP contribution in [0, 0.1) is 0 Å². The van der Waals surface area contributed by atoms with Crippen LogP contribution in [0.2, 0.25) is 5.02 Å². The molecule has 0 saturated heterocycles. The average molecular weight is 302 g/mol. The number of carbonyl (C=O) groups excluding carboxylic acids is 1. The predicted molar refractivity (Wildman–Crippen MR) is 70.6 cm³/mol. The highest BCUT2D eigenvalue weighted by Crippen LogP contribution is 2.35. The lowest BCUT2D eigenvalue weighted by atomic mass is 10.0. The largest absolute Gasteiger partial charge is 0.417 e. The number of halogens is 4. The Kier molecular flexibility index (Phi) is 4.18. The number of hydrogen-bond donors (Lipinski definition) is 0. The van der Waals surface area contributed by atoms with E-state index in [1.165, 1.54) is 12.1 Å².